The number of hydrogen-bond acceptors (Lipinski definition) is 4. The van der Waals surface area contributed by atoms with Crippen molar-refractivity contribution in [2.24, 2.45) is 0 Å². The maximum absolute atomic E-state index is 13.4. The average Bonchev–Trinajstić information content (AvgIpc) is 3.19. The van der Waals surface area contributed by atoms with Gasteiger partial charge in [0.25, 0.3) is 0 Å². The van der Waals surface area contributed by atoms with Gasteiger partial charge in [-0.1, -0.05) is 30.0 Å². The van der Waals surface area contributed by atoms with Crippen LogP contribution in [0.15, 0.2) is 66.1 Å². The zero-order valence-corrected chi connectivity index (χ0v) is 16.7. The smallest absolute Gasteiger partial charge is 0.233 e. The molecule has 1 heterocycles. The molecule has 0 spiro atoms. The number of rotatable bonds is 8. The Labute approximate surface area is 168 Å². The molecule has 7 heteroatoms. The van der Waals surface area contributed by atoms with E-state index in [4.69, 9.17) is 4.74 Å². The first-order valence-electron chi connectivity index (χ1n) is 8.93. The van der Waals surface area contributed by atoms with Gasteiger partial charge in [-0.3, -0.25) is 9.36 Å². The summed E-state index contributed by atoms with van der Waals surface area (Å²) in [7, 11) is 1.62. The highest BCUT2D eigenvalue weighted by Crippen LogP contribution is 2.23. The largest absolute Gasteiger partial charge is 0.497 e. The average molecular weight is 399 g/mol. The second kappa shape index (κ2) is 9.41. The molecule has 3 rings (SSSR count). The summed E-state index contributed by atoms with van der Waals surface area (Å²) in [6.45, 7) is 2.86. The number of thioether (sulfide) groups is 1. The number of ether oxygens (including phenoxy) is 1. The molecule has 28 heavy (non-hydrogen) atoms. The van der Waals surface area contributed by atoms with E-state index in [1.54, 1.807) is 24.3 Å². The lowest BCUT2D eigenvalue weighted by Crippen LogP contribution is -2.31. The highest BCUT2D eigenvalue weighted by Gasteiger charge is 2.15. The van der Waals surface area contributed by atoms with E-state index in [1.807, 2.05) is 48.0 Å². The van der Waals surface area contributed by atoms with E-state index in [9.17, 15) is 9.18 Å². The lowest BCUT2D eigenvalue weighted by atomic mass is 10.2. The summed E-state index contributed by atoms with van der Waals surface area (Å²) in [6.07, 6.45) is 3.56. The van der Waals surface area contributed by atoms with Crippen molar-refractivity contribution in [3.8, 4) is 11.4 Å². The molecule has 0 fully saturated rings. The van der Waals surface area contributed by atoms with E-state index >= 15 is 0 Å². The van der Waals surface area contributed by atoms with Crippen molar-refractivity contribution < 1.29 is 13.9 Å². The van der Waals surface area contributed by atoms with Crippen molar-refractivity contribution in [2.45, 2.75) is 18.6 Å². The molecule has 2 aromatic carbocycles. The number of benzene rings is 2. The molecule has 1 amide bonds. The number of amides is 1. The lowest BCUT2D eigenvalue weighted by molar-refractivity contribution is -0.128. The third-order valence-corrected chi connectivity index (χ3v) is 5.21. The van der Waals surface area contributed by atoms with Gasteiger partial charge in [0.1, 0.15) is 11.6 Å². The Bertz CT molecular complexity index is 945. The topological polar surface area (TPSA) is 47.4 Å². The van der Waals surface area contributed by atoms with Crippen molar-refractivity contribution in [2.75, 3.05) is 19.4 Å². The molecule has 0 aliphatic carbocycles. The number of carbonyl (C=O) groups is 1. The molecule has 0 unspecified atom stereocenters. The van der Waals surface area contributed by atoms with Crippen LogP contribution in [0.25, 0.3) is 5.69 Å². The van der Waals surface area contributed by atoms with E-state index in [0.717, 1.165) is 22.2 Å². The summed E-state index contributed by atoms with van der Waals surface area (Å²) in [4.78, 5) is 18.7. The van der Waals surface area contributed by atoms with Gasteiger partial charge in [0, 0.05) is 31.5 Å². The first-order chi connectivity index (χ1) is 13.6. The first kappa shape index (κ1) is 19.9. The van der Waals surface area contributed by atoms with Crippen LogP contribution >= 0.6 is 11.8 Å². The molecule has 0 saturated heterocycles. The Morgan fingerprint density at radius 1 is 1.25 bits per heavy atom. The van der Waals surface area contributed by atoms with E-state index < -0.39 is 0 Å². The van der Waals surface area contributed by atoms with Crippen LogP contribution in [0, 0.1) is 5.82 Å². The Morgan fingerprint density at radius 3 is 2.82 bits per heavy atom. The van der Waals surface area contributed by atoms with E-state index in [1.165, 1.54) is 23.9 Å². The van der Waals surface area contributed by atoms with Crippen LogP contribution in [0.1, 0.15) is 12.5 Å². The third kappa shape index (κ3) is 4.92. The third-order valence-electron chi connectivity index (χ3n) is 4.26. The molecule has 0 bridgehead atoms. The van der Waals surface area contributed by atoms with Gasteiger partial charge in [0.2, 0.25) is 5.91 Å². The summed E-state index contributed by atoms with van der Waals surface area (Å²) >= 11 is 1.37. The van der Waals surface area contributed by atoms with Crippen LogP contribution in [0.5, 0.6) is 5.75 Å². The fraction of sp³-hybridized carbons (Fsp3) is 0.238. The standard InChI is InChI=1S/C21H22FN3O2S/c1-3-24(14-16-6-4-7-17(22)12-16)20(26)15-28-21-23-10-11-25(21)18-8-5-9-19(13-18)27-2/h4-13H,3,14-15H2,1-2H3. The van der Waals surface area contributed by atoms with Gasteiger partial charge >= 0.3 is 0 Å². The SMILES string of the molecule is CCN(Cc1cccc(F)c1)C(=O)CSc1nccn1-c1cccc(OC)c1. The van der Waals surface area contributed by atoms with E-state index in [2.05, 4.69) is 4.98 Å². The highest BCUT2D eigenvalue weighted by molar-refractivity contribution is 7.99. The molecule has 0 atom stereocenters. The summed E-state index contributed by atoms with van der Waals surface area (Å²) in [5.41, 5.74) is 1.69. The minimum Gasteiger partial charge on any atom is -0.497 e. The summed E-state index contributed by atoms with van der Waals surface area (Å²) < 4.78 is 20.6. The number of imidazole rings is 1. The number of halogens is 1. The molecule has 0 N–H and O–H groups in total. The number of nitrogens with zero attached hydrogens (tertiary/aromatic N) is 3. The number of aromatic nitrogens is 2. The van der Waals surface area contributed by atoms with Crippen LogP contribution in [0.4, 0.5) is 4.39 Å². The van der Waals surface area contributed by atoms with Gasteiger partial charge in [-0.15, -0.1) is 0 Å². The molecule has 0 aliphatic heterocycles. The van der Waals surface area contributed by atoms with Crippen molar-refractivity contribution in [1.29, 1.82) is 0 Å². The minimum atomic E-state index is -0.296. The Morgan fingerprint density at radius 2 is 2.07 bits per heavy atom. The number of methoxy groups -OCH3 is 1. The quantitative estimate of drug-likeness (QED) is 0.534. The van der Waals surface area contributed by atoms with Gasteiger partial charge < -0.3 is 9.64 Å². The molecule has 5 nitrogen and oxygen atoms in total. The maximum atomic E-state index is 13.4. The number of hydrogen-bond donors (Lipinski definition) is 0. The van der Waals surface area contributed by atoms with Crippen molar-refractivity contribution in [3.63, 3.8) is 0 Å². The first-order valence-corrected chi connectivity index (χ1v) is 9.92. The van der Waals surface area contributed by atoms with Crippen LogP contribution in [-0.2, 0) is 11.3 Å². The second-order valence-electron chi connectivity index (χ2n) is 6.11. The van der Waals surface area contributed by atoms with Gasteiger partial charge in [-0.2, -0.15) is 0 Å². The lowest BCUT2D eigenvalue weighted by Gasteiger charge is -2.21. The number of carbonyl (C=O) groups excluding carboxylic acids is 1. The van der Waals surface area contributed by atoms with E-state index in [-0.39, 0.29) is 17.5 Å². The molecule has 3 aromatic rings. The predicted molar refractivity (Wildman–Crippen MR) is 108 cm³/mol. The summed E-state index contributed by atoms with van der Waals surface area (Å²) in [5.74, 6) is 0.697. The molecule has 0 aliphatic rings. The second-order valence-corrected chi connectivity index (χ2v) is 7.05. The van der Waals surface area contributed by atoms with Crippen LogP contribution < -0.4 is 4.74 Å². The molecule has 1 aromatic heterocycles. The Balaban J connectivity index is 1.66. The van der Waals surface area contributed by atoms with Crippen molar-refractivity contribution >= 4 is 17.7 Å². The molecule has 146 valence electrons. The van der Waals surface area contributed by atoms with Gasteiger partial charge in [-0.25, -0.2) is 9.37 Å². The monoisotopic (exact) mass is 399 g/mol. The van der Waals surface area contributed by atoms with Gasteiger partial charge in [-0.05, 0) is 36.8 Å². The van der Waals surface area contributed by atoms with Gasteiger partial charge in [0.15, 0.2) is 5.16 Å². The maximum Gasteiger partial charge on any atom is 0.233 e. The van der Waals surface area contributed by atoms with Crippen LogP contribution in [-0.4, -0.2) is 39.8 Å². The highest BCUT2D eigenvalue weighted by atomic mass is 32.2. The fourth-order valence-electron chi connectivity index (χ4n) is 2.80. The fourth-order valence-corrected chi connectivity index (χ4v) is 3.68. The van der Waals surface area contributed by atoms with Crippen molar-refractivity contribution in [1.82, 2.24) is 14.5 Å². The predicted octanol–water partition coefficient (Wildman–Crippen LogP) is 4.16. The zero-order chi connectivity index (χ0) is 19.9. The molecule has 0 saturated carbocycles. The van der Waals surface area contributed by atoms with Crippen molar-refractivity contribution in [3.05, 3.63) is 72.3 Å². The normalized spacial score (nSPS) is 10.7. The Hall–Kier alpha value is -2.80. The molecule has 0 radical (unpaired) electrons. The molecular weight excluding hydrogens is 377 g/mol. The molecular formula is C21H22FN3O2S. The minimum absolute atomic E-state index is 0.0167. The Kier molecular flexibility index (Phi) is 6.71. The van der Waals surface area contributed by atoms with Crippen LogP contribution in [0.3, 0.4) is 0 Å². The summed E-state index contributed by atoms with van der Waals surface area (Å²) in [5, 5.41) is 0.725. The van der Waals surface area contributed by atoms with Gasteiger partial charge in [0.05, 0.1) is 18.6 Å². The zero-order valence-electron chi connectivity index (χ0n) is 15.8. The summed E-state index contributed by atoms with van der Waals surface area (Å²) in [6, 6.07) is 14.0. The van der Waals surface area contributed by atoms with Crippen LogP contribution in [0.2, 0.25) is 0 Å². The van der Waals surface area contributed by atoms with E-state index in [0.29, 0.717) is 13.1 Å².